The van der Waals surface area contributed by atoms with E-state index < -0.39 is 0 Å². The molecule has 0 heterocycles. The molecule has 0 amide bonds. The van der Waals surface area contributed by atoms with Gasteiger partial charge in [0.1, 0.15) is 0 Å². The number of para-hydroxylation sites is 1. The van der Waals surface area contributed by atoms with E-state index in [-0.39, 0.29) is 0 Å². The Kier molecular flexibility index (Phi) is 4.05. The minimum Gasteiger partial charge on any atom is -0.398 e. The lowest BCUT2D eigenvalue weighted by Gasteiger charge is -2.14. The molecule has 0 saturated heterocycles. The van der Waals surface area contributed by atoms with Crippen LogP contribution in [0.15, 0.2) is 103 Å². The molecular formula is C24H19N. The van der Waals surface area contributed by atoms with E-state index in [9.17, 15) is 0 Å². The molecule has 2 N–H and O–H groups in total. The molecule has 25 heavy (non-hydrogen) atoms. The van der Waals surface area contributed by atoms with Crippen molar-refractivity contribution in [1.29, 1.82) is 0 Å². The van der Waals surface area contributed by atoms with Crippen molar-refractivity contribution in [2.45, 2.75) is 0 Å². The van der Waals surface area contributed by atoms with E-state index in [1.54, 1.807) is 0 Å². The number of nitrogen functional groups attached to an aromatic ring is 1. The Morgan fingerprint density at radius 2 is 1.00 bits per heavy atom. The Hall–Kier alpha value is -3.32. The first-order valence-electron chi connectivity index (χ1n) is 8.43. The molecule has 0 aliphatic carbocycles. The maximum absolute atomic E-state index is 6.25. The molecule has 1 nitrogen and oxygen atoms in total. The number of benzene rings is 4. The van der Waals surface area contributed by atoms with Gasteiger partial charge in [-0.25, -0.2) is 0 Å². The zero-order chi connectivity index (χ0) is 17.1. The zero-order valence-electron chi connectivity index (χ0n) is 13.9. The van der Waals surface area contributed by atoms with Gasteiger partial charge in [0, 0.05) is 11.3 Å². The fourth-order valence-electron chi connectivity index (χ4n) is 3.19. The number of hydrogen-bond donors (Lipinski definition) is 1. The van der Waals surface area contributed by atoms with Gasteiger partial charge >= 0.3 is 0 Å². The summed E-state index contributed by atoms with van der Waals surface area (Å²) in [5, 5.41) is 0. The third-order valence-corrected chi connectivity index (χ3v) is 4.46. The monoisotopic (exact) mass is 321 g/mol. The molecule has 0 spiro atoms. The number of anilines is 1. The van der Waals surface area contributed by atoms with Crippen LogP contribution in [0.2, 0.25) is 0 Å². The lowest BCUT2D eigenvalue weighted by Crippen LogP contribution is -1.92. The highest BCUT2D eigenvalue weighted by Crippen LogP contribution is 2.37. The van der Waals surface area contributed by atoms with Crippen LogP contribution in [0.5, 0.6) is 0 Å². The van der Waals surface area contributed by atoms with Crippen molar-refractivity contribution in [1.82, 2.24) is 0 Å². The van der Waals surface area contributed by atoms with Gasteiger partial charge in [-0.15, -0.1) is 0 Å². The first kappa shape index (κ1) is 15.2. The number of nitrogens with two attached hydrogens (primary N) is 1. The van der Waals surface area contributed by atoms with Crippen molar-refractivity contribution >= 4 is 5.69 Å². The van der Waals surface area contributed by atoms with Gasteiger partial charge in [-0.05, 0) is 39.9 Å². The maximum atomic E-state index is 6.25. The molecule has 0 aromatic heterocycles. The second-order valence-corrected chi connectivity index (χ2v) is 6.08. The zero-order valence-corrected chi connectivity index (χ0v) is 13.9. The first-order chi connectivity index (χ1) is 12.3. The van der Waals surface area contributed by atoms with Gasteiger partial charge in [0.2, 0.25) is 0 Å². The smallest absolute Gasteiger partial charge is 0.0393 e. The van der Waals surface area contributed by atoms with Gasteiger partial charge in [-0.3, -0.25) is 0 Å². The summed E-state index contributed by atoms with van der Waals surface area (Å²) in [6, 6.07) is 35.6. The van der Waals surface area contributed by atoms with Gasteiger partial charge < -0.3 is 5.73 Å². The van der Waals surface area contributed by atoms with E-state index in [4.69, 9.17) is 5.73 Å². The van der Waals surface area contributed by atoms with Crippen LogP contribution in [0.25, 0.3) is 33.4 Å². The predicted octanol–water partition coefficient (Wildman–Crippen LogP) is 6.27. The van der Waals surface area contributed by atoms with Crippen LogP contribution in [0, 0.1) is 0 Å². The normalized spacial score (nSPS) is 10.6. The molecule has 1 heteroatoms. The molecular weight excluding hydrogens is 302 g/mol. The maximum Gasteiger partial charge on any atom is 0.0393 e. The predicted molar refractivity (Wildman–Crippen MR) is 107 cm³/mol. The van der Waals surface area contributed by atoms with Gasteiger partial charge in [0.25, 0.3) is 0 Å². The van der Waals surface area contributed by atoms with Crippen molar-refractivity contribution in [3.8, 4) is 33.4 Å². The molecule has 0 bridgehead atoms. The summed E-state index contributed by atoms with van der Waals surface area (Å²) in [5.41, 5.74) is 14.1. The van der Waals surface area contributed by atoms with Crippen LogP contribution >= 0.6 is 0 Å². The molecule has 4 aromatic rings. The Morgan fingerprint density at radius 1 is 0.400 bits per heavy atom. The highest BCUT2D eigenvalue weighted by atomic mass is 14.6. The van der Waals surface area contributed by atoms with Crippen LogP contribution in [0.3, 0.4) is 0 Å². The quantitative estimate of drug-likeness (QED) is 0.442. The highest BCUT2D eigenvalue weighted by molar-refractivity contribution is 5.91. The molecule has 0 unspecified atom stereocenters. The van der Waals surface area contributed by atoms with Crippen LogP contribution in [-0.4, -0.2) is 0 Å². The largest absolute Gasteiger partial charge is 0.398 e. The van der Waals surface area contributed by atoms with Crippen LogP contribution in [0.1, 0.15) is 0 Å². The van der Waals surface area contributed by atoms with Crippen LogP contribution < -0.4 is 5.73 Å². The number of hydrogen-bond acceptors (Lipinski definition) is 1. The third-order valence-electron chi connectivity index (χ3n) is 4.46. The van der Waals surface area contributed by atoms with Crippen LogP contribution in [0.4, 0.5) is 5.69 Å². The van der Waals surface area contributed by atoms with Gasteiger partial charge in [0.05, 0.1) is 0 Å². The van der Waals surface area contributed by atoms with Crippen molar-refractivity contribution in [2.75, 3.05) is 5.73 Å². The van der Waals surface area contributed by atoms with E-state index in [0.717, 1.165) is 16.8 Å². The van der Waals surface area contributed by atoms with E-state index in [1.807, 2.05) is 30.3 Å². The van der Waals surface area contributed by atoms with Crippen molar-refractivity contribution in [3.63, 3.8) is 0 Å². The minimum absolute atomic E-state index is 0.798. The molecule has 0 saturated carbocycles. The average Bonchev–Trinajstić information content (AvgIpc) is 2.69. The molecule has 0 atom stereocenters. The Balaban J connectivity index is 1.95. The summed E-state index contributed by atoms with van der Waals surface area (Å²) >= 11 is 0. The molecule has 4 aromatic carbocycles. The standard InChI is InChI=1S/C24H19N/c25-24-14-8-7-13-22(24)21-16-15-20(18-9-3-1-4-10-18)17-23(21)19-11-5-2-6-12-19/h1-17H,25H2. The summed E-state index contributed by atoms with van der Waals surface area (Å²) in [5.74, 6) is 0. The Morgan fingerprint density at radius 3 is 1.68 bits per heavy atom. The topological polar surface area (TPSA) is 26.0 Å². The molecule has 4 rings (SSSR count). The minimum atomic E-state index is 0.798. The van der Waals surface area contributed by atoms with Gasteiger partial charge in [0.15, 0.2) is 0 Å². The lowest BCUT2D eigenvalue weighted by atomic mass is 9.90. The molecule has 120 valence electrons. The highest BCUT2D eigenvalue weighted by Gasteiger charge is 2.11. The van der Waals surface area contributed by atoms with Crippen molar-refractivity contribution < 1.29 is 0 Å². The summed E-state index contributed by atoms with van der Waals surface area (Å²) in [6.45, 7) is 0. The van der Waals surface area contributed by atoms with Crippen LogP contribution in [-0.2, 0) is 0 Å². The summed E-state index contributed by atoms with van der Waals surface area (Å²) in [7, 11) is 0. The second-order valence-electron chi connectivity index (χ2n) is 6.08. The summed E-state index contributed by atoms with van der Waals surface area (Å²) < 4.78 is 0. The molecule has 0 aliphatic heterocycles. The van der Waals surface area contributed by atoms with Gasteiger partial charge in [-0.1, -0.05) is 91.0 Å². The third kappa shape index (κ3) is 3.05. The second kappa shape index (κ2) is 6.66. The van der Waals surface area contributed by atoms with Crippen molar-refractivity contribution in [2.24, 2.45) is 0 Å². The van der Waals surface area contributed by atoms with Gasteiger partial charge in [-0.2, -0.15) is 0 Å². The first-order valence-corrected chi connectivity index (χ1v) is 8.43. The molecule has 0 radical (unpaired) electrons. The van der Waals surface area contributed by atoms with E-state index in [1.165, 1.54) is 22.3 Å². The van der Waals surface area contributed by atoms with E-state index >= 15 is 0 Å². The van der Waals surface area contributed by atoms with E-state index in [0.29, 0.717) is 0 Å². The Labute approximate surface area is 148 Å². The summed E-state index contributed by atoms with van der Waals surface area (Å²) in [6.07, 6.45) is 0. The summed E-state index contributed by atoms with van der Waals surface area (Å²) in [4.78, 5) is 0. The fraction of sp³-hybridized carbons (Fsp3) is 0. The van der Waals surface area contributed by atoms with Crippen molar-refractivity contribution in [3.05, 3.63) is 103 Å². The van der Waals surface area contributed by atoms with E-state index in [2.05, 4.69) is 72.8 Å². The number of rotatable bonds is 3. The fourth-order valence-corrected chi connectivity index (χ4v) is 3.19. The average molecular weight is 321 g/mol. The lowest BCUT2D eigenvalue weighted by molar-refractivity contribution is 1.56. The molecule has 0 aliphatic rings. The molecule has 0 fully saturated rings. The Bertz CT molecular complexity index is 989. The SMILES string of the molecule is Nc1ccccc1-c1ccc(-c2ccccc2)cc1-c1ccccc1.